The maximum Gasteiger partial charge on any atom is 0.349 e. The summed E-state index contributed by atoms with van der Waals surface area (Å²) in [7, 11) is 0. The molecule has 1 amide bonds. The van der Waals surface area contributed by atoms with E-state index < -0.39 is 23.5 Å². The third-order valence-electron chi connectivity index (χ3n) is 5.92. The summed E-state index contributed by atoms with van der Waals surface area (Å²) in [4.78, 5) is 26.7. The lowest BCUT2D eigenvalue weighted by Gasteiger charge is -2.32. The lowest BCUT2D eigenvalue weighted by Crippen LogP contribution is -2.52. The Bertz CT molecular complexity index is 1170. The Morgan fingerprint density at radius 1 is 1.28 bits per heavy atom. The maximum atomic E-state index is 12.8. The number of aryl methyl sites for hydroxylation is 1. The highest BCUT2D eigenvalue weighted by Gasteiger charge is 2.35. The number of esters is 1. The van der Waals surface area contributed by atoms with Gasteiger partial charge in [0.2, 0.25) is 0 Å². The molecule has 1 unspecified atom stereocenters. The van der Waals surface area contributed by atoms with Crippen LogP contribution in [0.5, 0.6) is 0 Å². The summed E-state index contributed by atoms with van der Waals surface area (Å²) >= 11 is 1.31. The smallest absolute Gasteiger partial charge is 0.349 e. The number of carbonyl (C=O) groups excluding carboxylic acids is 2. The number of amides is 1. The molecule has 1 aliphatic carbocycles. The van der Waals surface area contributed by atoms with E-state index in [4.69, 9.17) is 4.74 Å². The van der Waals surface area contributed by atoms with E-state index in [1.54, 1.807) is 6.07 Å². The van der Waals surface area contributed by atoms with Gasteiger partial charge in [0.15, 0.2) is 6.10 Å². The molecule has 8 heteroatoms. The summed E-state index contributed by atoms with van der Waals surface area (Å²) in [6, 6.07) is 14.0. The molecular formula is C24H26N4O3S. The number of ether oxygens (including phenoxy) is 1. The Kier molecular flexibility index (Phi) is 6.28. The minimum absolute atomic E-state index is 0.426. The lowest BCUT2D eigenvalue weighted by molar-refractivity contribution is -0.130. The predicted octanol–water partition coefficient (Wildman–Crippen LogP) is 4.34. The number of carbonyl (C=O) groups is 2. The number of rotatable bonds is 6. The Morgan fingerprint density at radius 3 is 2.69 bits per heavy atom. The molecule has 1 aliphatic rings. The summed E-state index contributed by atoms with van der Waals surface area (Å²) in [6.07, 6.45) is 3.15. The number of nitrogens with zero attached hydrogens (tertiary/aromatic N) is 3. The van der Waals surface area contributed by atoms with Gasteiger partial charge in [-0.25, -0.2) is 4.79 Å². The molecular weight excluding hydrogens is 424 g/mol. The van der Waals surface area contributed by atoms with Gasteiger partial charge in [0, 0.05) is 5.39 Å². The van der Waals surface area contributed by atoms with E-state index in [1.807, 2.05) is 41.9 Å². The number of hydrogen-bond donors (Lipinski definition) is 1. The van der Waals surface area contributed by atoms with Gasteiger partial charge in [0.05, 0.1) is 18.3 Å². The van der Waals surface area contributed by atoms with Crippen molar-refractivity contribution in [3.8, 4) is 6.07 Å². The first-order valence-electron chi connectivity index (χ1n) is 10.9. The summed E-state index contributed by atoms with van der Waals surface area (Å²) in [5, 5.41) is 17.9. The van der Waals surface area contributed by atoms with E-state index in [-0.39, 0.29) is 0 Å². The van der Waals surface area contributed by atoms with Crippen LogP contribution >= 0.6 is 11.3 Å². The fraction of sp³-hybridized carbons (Fsp3) is 0.417. The van der Waals surface area contributed by atoms with Crippen molar-refractivity contribution in [1.29, 1.82) is 5.26 Å². The van der Waals surface area contributed by atoms with Gasteiger partial charge >= 0.3 is 5.97 Å². The van der Waals surface area contributed by atoms with Crippen LogP contribution in [0.15, 0.2) is 36.4 Å². The highest BCUT2D eigenvalue weighted by atomic mass is 32.1. The first-order valence-corrected chi connectivity index (χ1v) is 11.7. The zero-order valence-electron chi connectivity index (χ0n) is 18.3. The molecule has 0 radical (unpaired) electrons. The molecule has 0 aliphatic heterocycles. The quantitative estimate of drug-likeness (QED) is 0.564. The fourth-order valence-corrected chi connectivity index (χ4v) is 5.15. The van der Waals surface area contributed by atoms with Gasteiger partial charge < -0.3 is 10.1 Å². The van der Waals surface area contributed by atoms with Gasteiger partial charge in [0.25, 0.3) is 5.91 Å². The maximum absolute atomic E-state index is 12.8. The number of hydrogen-bond acceptors (Lipinski definition) is 6. The largest absolute Gasteiger partial charge is 0.448 e. The molecule has 2 aromatic heterocycles. The molecule has 2 heterocycles. The third-order valence-corrected chi connectivity index (χ3v) is 7.05. The van der Waals surface area contributed by atoms with Gasteiger partial charge in [-0.3, -0.25) is 9.48 Å². The molecule has 32 heavy (non-hydrogen) atoms. The number of nitriles is 1. The average Bonchev–Trinajstić information content (AvgIpc) is 3.36. The van der Waals surface area contributed by atoms with Crippen LogP contribution in [0, 0.1) is 18.3 Å². The molecule has 1 aromatic carbocycles. The molecule has 3 aromatic rings. The SMILES string of the molecule is Cc1nn(Cc2ccccc2)c2sc(C(=O)OC(C)C(=O)NC3(C#N)CCCCC3)cc12. The molecule has 0 bridgehead atoms. The van der Waals surface area contributed by atoms with Gasteiger partial charge in [-0.05, 0) is 38.3 Å². The van der Waals surface area contributed by atoms with E-state index in [0.29, 0.717) is 24.3 Å². The molecule has 7 nitrogen and oxygen atoms in total. The van der Waals surface area contributed by atoms with Crippen LogP contribution in [0.1, 0.15) is 60.0 Å². The minimum Gasteiger partial charge on any atom is -0.448 e. The van der Waals surface area contributed by atoms with Gasteiger partial charge in [-0.15, -0.1) is 11.3 Å². The fourth-order valence-electron chi connectivity index (χ4n) is 4.11. The molecule has 1 N–H and O–H groups in total. The van der Waals surface area contributed by atoms with Gasteiger partial charge in [0.1, 0.15) is 15.2 Å². The van der Waals surface area contributed by atoms with E-state index >= 15 is 0 Å². The van der Waals surface area contributed by atoms with Crippen LogP contribution in [-0.4, -0.2) is 33.3 Å². The minimum atomic E-state index is -0.984. The number of nitrogens with one attached hydrogen (secondary N) is 1. The normalized spacial score (nSPS) is 16.3. The topological polar surface area (TPSA) is 97.0 Å². The zero-order valence-corrected chi connectivity index (χ0v) is 19.1. The van der Waals surface area contributed by atoms with Crippen LogP contribution in [0.2, 0.25) is 0 Å². The van der Waals surface area contributed by atoms with Gasteiger partial charge in [-0.1, -0.05) is 49.6 Å². The Balaban J connectivity index is 1.46. The summed E-state index contributed by atoms with van der Waals surface area (Å²) in [6.45, 7) is 4.05. The first kappa shape index (κ1) is 22.0. The second-order valence-electron chi connectivity index (χ2n) is 8.35. The number of aromatic nitrogens is 2. The third kappa shape index (κ3) is 4.53. The average molecular weight is 451 g/mol. The second-order valence-corrected chi connectivity index (χ2v) is 9.38. The number of benzene rings is 1. The van der Waals surface area contributed by atoms with Crippen LogP contribution in [0.25, 0.3) is 10.2 Å². The van der Waals surface area contributed by atoms with E-state index in [2.05, 4.69) is 16.5 Å². The Labute approximate surface area is 191 Å². The standard InChI is InChI=1S/C24H26N4O3S/c1-16-19-13-20(32-22(19)28(27-16)14-18-9-5-3-6-10-18)23(30)31-17(2)21(29)26-24(15-25)11-7-4-8-12-24/h3,5-6,9-10,13,17H,4,7-8,11-12,14H2,1-2H3,(H,26,29). The van der Waals surface area contributed by atoms with Crippen LogP contribution in [-0.2, 0) is 16.1 Å². The van der Waals surface area contributed by atoms with Crippen molar-refractivity contribution in [2.75, 3.05) is 0 Å². The molecule has 4 rings (SSSR count). The van der Waals surface area contributed by atoms with Crippen LogP contribution in [0.3, 0.4) is 0 Å². The summed E-state index contributed by atoms with van der Waals surface area (Å²) < 4.78 is 7.33. The summed E-state index contributed by atoms with van der Waals surface area (Å²) in [5.41, 5.74) is 1.10. The molecule has 0 saturated heterocycles. The predicted molar refractivity (Wildman–Crippen MR) is 122 cm³/mol. The van der Waals surface area contributed by atoms with Crippen molar-refractivity contribution >= 4 is 33.4 Å². The van der Waals surface area contributed by atoms with Crippen molar-refractivity contribution < 1.29 is 14.3 Å². The van der Waals surface area contributed by atoms with Crippen molar-refractivity contribution in [3.05, 3.63) is 52.5 Å². The monoisotopic (exact) mass is 450 g/mol. The Hall–Kier alpha value is -3.18. The molecule has 166 valence electrons. The van der Waals surface area contributed by atoms with Crippen molar-refractivity contribution in [1.82, 2.24) is 15.1 Å². The highest BCUT2D eigenvalue weighted by Crippen LogP contribution is 2.30. The van der Waals surface area contributed by atoms with E-state index in [1.165, 1.54) is 18.3 Å². The van der Waals surface area contributed by atoms with Crippen molar-refractivity contribution in [2.24, 2.45) is 0 Å². The summed E-state index contributed by atoms with van der Waals surface area (Å²) in [5.74, 6) is -0.983. The highest BCUT2D eigenvalue weighted by molar-refractivity contribution is 7.20. The Morgan fingerprint density at radius 2 is 2.00 bits per heavy atom. The molecule has 1 fully saturated rings. The molecule has 0 spiro atoms. The van der Waals surface area contributed by atoms with Crippen LogP contribution in [0.4, 0.5) is 0 Å². The van der Waals surface area contributed by atoms with E-state index in [9.17, 15) is 14.9 Å². The van der Waals surface area contributed by atoms with E-state index in [0.717, 1.165) is 40.7 Å². The van der Waals surface area contributed by atoms with Gasteiger partial charge in [-0.2, -0.15) is 10.4 Å². The second kappa shape index (κ2) is 9.13. The molecule has 1 saturated carbocycles. The number of fused-ring (bicyclic) bond motifs is 1. The van der Waals surface area contributed by atoms with Crippen molar-refractivity contribution in [2.45, 2.75) is 64.1 Å². The number of thiophene rings is 1. The first-order chi connectivity index (χ1) is 15.4. The lowest BCUT2D eigenvalue weighted by atomic mass is 9.83. The van der Waals surface area contributed by atoms with Crippen molar-refractivity contribution in [3.63, 3.8) is 0 Å². The molecule has 1 atom stereocenters. The zero-order chi connectivity index (χ0) is 22.7. The van der Waals surface area contributed by atoms with Crippen LogP contribution < -0.4 is 5.32 Å².